The highest BCUT2D eigenvalue weighted by Gasteiger charge is 2.31. The zero-order valence-electron chi connectivity index (χ0n) is 19.4. The number of hydrogen-bond donors (Lipinski definition) is 0. The van der Waals surface area contributed by atoms with Gasteiger partial charge in [0.2, 0.25) is 15.9 Å². The molecule has 1 aliphatic rings. The Morgan fingerprint density at radius 2 is 1.68 bits per heavy atom. The van der Waals surface area contributed by atoms with Crippen molar-refractivity contribution in [2.75, 3.05) is 37.7 Å². The zero-order chi connectivity index (χ0) is 24.3. The first-order valence-corrected chi connectivity index (χ1v) is 13.3. The highest BCUT2D eigenvalue weighted by atomic mass is 79.9. The number of rotatable bonds is 7. The van der Waals surface area contributed by atoms with E-state index >= 15 is 0 Å². The van der Waals surface area contributed by atoms with Gasteiger partial charge in [0.25, 0.3) is 0 Å². The summed E-state index contributed by atoms with van der Waals surface area (Å²) in [4.78, 5) is 11.2. The van der Waals surface area contributed by atoms with E-state index < -0.39 is 10.0 Å². The lowest BCUT2D eigenvalue weighted by Gasteiger charge is -2.35. The first kappa shape index (κ1) is 24.4. The van der Waals surface area contributed by atoms with Gasteiger partial charge in [-0.05, 0) is 51.1 Å². The van der Waals surface area contributed by atoms with Crippen LogP contribution in [0.1, 0.15) is 18.3 Å². The SMILES string of the molecule is CCOc1ccc(Br)cc1S(=O)(=O)N1CCN(c2cc(Oc3ccc(C)cc3)nc(C)n2)CC1. The average Bonchev–Trinajstić information content (AvgIpc) is 2.81. The highest BCUT2D eigenvalue weighted by Crippen LogP contribution is 2.31. The molecule has 0 N–H and O–H groups in total. The van der Waals surface area contributed by atoms with E-state index in [1.165, 1.54) is 4.31 Å². The summed E-state index contributed by atoms with van der Waals surface area (Å²) in [6, 6.07) is 14.6. The summed E-state index contributed by atoms with van der Waals surface area (Å²) in [6.45, 7) is 7.71. The molecule has 1 fully saturated rings. The van der Waals surface area contributed by atoms with Crippen molar-refractivity contribution in [1.29, 1.82) is 0 Å². The maximum atomic E-state index is 13.4. The molecule has 0 bridgehead atoms. The maximum absolute atomic E-state index is 13.4. The van der Waals surface area contributed by atoms with Crippen molar-refractivity contribution < 1.29 is 17.9 Å². The van der Waals surface area contributed by atoms with Crippen molar-refractivity contribution in [2.24, 2.45) is 0 Å². The summed E-state index contributed by atoms with van der Waals surface area (Å²) < 4.78 is 40.4. The Bertz CT molecular complexity index is 1260. The van der Waals surface area contributed by atoms with Crippen molar-refractivity contribution in [2.45, 2.75) is 25.7 Å². The van der Waals surface area contributed by atoms with Gasteiger partial charge in [-0.25, -0.2) is 13.4 Å². The van der Waals surface area contributed by atoms with Crippen molar-refractivity contribution in [3.8, 4) is 17.4 Å². The van der Waals surface area contributed by atoms with Crippen molar-refractivity contribution in [3.05, 3.63) is 64.4 Å². The summed E-state index contributed by atoms with van der Waals surface area (Å²) >= 11 is 3.37. The Hall–Kier alpha value is -2.69. The largest absolute Gasteiger partial charge is 0.492 e. The molecule has 0 aliphatic carbocycles. The molecule has 1 aromatic heterocycles. The molecule has 4 rings (SSSR count). The highest BCUT2D eigenvalue weighted by molar-refractivity contribution is 9.10. The van der Waals surface area contributed by atoms with Crippen molar-refractivity contribution >= 4 is 31.8 Å². The number of benzene rings is 2. The molecule has 0 spiro atoms. The van der Waals surface area contributed by atoms with Gasteiger partial charge in [0.1, 0.15) is 28.0 Å². The van der Waals surface area contributed by atoms with E-state index in [0.29, 0.717) is 66.3 Å². The van der Waals surface area contributed by atoms with E-state index in [2.05, 4.69) is 25.9 Å². The summed E-state index contributed by atoms with van der Waals surface area (Å²) in [6.07, 6.45) is 0. The molecule has 1 saturated heterocycles. The second kappa shape index (κ2) is 10.3. The van der Waals surface area contributed by atoms with Gasteiger partial charge < -0.3 is 14.4 Å². The minimum absolute atomic E-state index is 0.170. The number of aryl methyl sites for hydroxylation is 2. The first-order valence-electron chi connectivity index (χ1n) is 11.0. The molecule has 0 amide bonds. The molecule has 0 unspecified atom stereocenters. The monoisotopic (exact) mass is 546 g/mol. The molecular formula is C24H27BrN4O4S. The van der Waals surface area contributed by atoms with Crippen molar-refractivity contribution in [3.63, 3.8) is 0 Å². The van der Waals surface area contributed by atoms with Gasteiger partial charge in [0.05, 0.1) is 6.61 Å². The number of piperazine rings is 1. The summed E-state index contributed by atoms with van der Waals surface area (Å²) in [7, 11) is -3.71. The van der Waals surface area contributed by atoms with Crippen LogP contribution in [-0.2, 0) is 10.0 Å². The van der Waals surface area contributed by atoms with Gasteiger partial charge >= 0.3 is 0 Å². The van der Waals surface area contributed by atoms with E-state index in [0.717, 1.165) is 5.56 Å². The fourth-order valence-corrected chi connectivity index (χ4v) is 5.81. The number of hydrogen-bond acceptors (Lipinski definition) is 7. The molecule has 2 heterocycles. The number of sulfonamides is 1. The second-order valence-corrected chi connectivity index (χ2v) is 10.8. The Labute approximate surface area is 208 Å². The number of anilines is 1. The molecule has 1 aliphatic heterocycles. The number of halogens is 1. The van der Waals surface area contributed by atoms with Crippen LogP contribution < -0.4 is 14.4 Å². The fourth-order valence-electron chi connectivity index (χ4n) is 3.72. The molecule has 180 valence electrons. The van der Waals surface area contributed by atoms with Gasteiger partial charge in [-0.2, -0.15) is 9.29 Å². The third-order valence-electron chi connectivity index (χ3n) is 5.43. The Morgan fingerprint density at radius 1 is 0.971 bits per heavy atom. The van der Waals surface area contributed by atoms with Crippen LogP contribution in [0.3, 0.4) is 0 Å². The lowest BCUT2D eigenvalue weighted by Crippen LogP contribution is -2.49. The van der Waals surface area contributed by atoms with E-state index in [1.54, 1.807) is 24.3 Å². The van der Waals surface area contributed by atoms with Crippen LogP contribution in [0.4, 0.5) is 5.82 Å². The summed E-state index contributed by atoms with van der Waals surface area (Å²) in [5.74, 6) is 2.81. The normalized spacial score (nSPS) is 14.8. The topological polar surface area (TPSA) is 84.9 Å². The Balaban J connectivity index is 1.49. The predicted molar refractivity (Wildman–Crippen MR) is 134 cm³/mol. The molecule has 10 heteroatoms. The lowest BCUT2D eigenvalue weighted by molar-refractivity contribution is 0.327. The van der Waals surface area contributed by atoms with Gasteiger partial charge in [-0.3, -0.25) is 0 Å². The van der Waals surface area contributed by atoms with Crippen LogP contribution in [0.5, 0.6) is 17.4 Å². The maximum Gasteiger partial charge on any atom is 0.246 e. The summed E-state index contributed by atoms with van der Waals surface area (Å²) in [5.41, 5.74) is 1.15. The van der Waals surface area contributed by atoms with Crippen molar-refractivity contribution in [1.82, 2.24) is 14.3 Å². The Kier molecular flexibility index (Phi) is 7.39. The average molecular weight is 547 g/mol. The number of aromatic nitrogens is 2. The van der Waals surface area contributed by atoms with Gasteiger partial charge in [0, 0.05) is 36.7 Å². The van der Waals surface area contributed by atoms with E-state index in [1.807, 2.05) is 49.9 Å². The number of nitrogens with zero attached hydrogens (tertiary/aromatic N) is 4. The molecule has 0 atom stereocenters. The van der Waals surface area contributed by atoms with E-state index in [9.17, 15) is 8.42 Å². The van der Waals surface area contributed by atoms with E-state index in [4.69, 9.17) is 9.47 Å². The smallest absolute Gasteiger partial charge is 0.246 e. The Morgan fingerprint density at radius 3 is 2.35 bits per heavy atom. The fraction of sp³-hybridized carbons (Fsp3) is 0.333. The van der Waals surface area contributed by atoms with Gasteiger partial charge in [-0.15, -0.1) is 0 Å². The van der Waals surface area contributed by atoms with Crippen LogP contribution >= 0.6 is 15.9 Å². The molecule has 2 aromatic carbocycles. The zero-order valence-corrected chi connectivity index (χ0v) is 21.8. The third-order valence-corrected chi connectivity index (χ3v) is 7.84. The predicted octanol–water partition coefficient (Wildman–Crippen LogP) is 4.56. The molecule has 0 saturated carbocycles. The van der Waals surface area contributed by atoms with E-state index in [-0.39, 0.29) is 4.90 Å². The van der Waals surface area contributed by atoms with Crippen LogP contribution in [0.15, 0.2) is 57.9 Å². The molecule has 8 nitrogen and oxygen atoms in total. The van der Waals surface area contributed by atoms with Crippen LogP contribution in [0, 0.1) is 13.8 Å². The first-order chi connectivity index (χ1) is 16.3. The third kappa shape index (κ3) is 5.51. The summed E-state index contributed by atoms with van der Waals surface area (Å²) in [5, 5.41) is 0. The second-order valence-electron chi connectivity index (χ2n) is 7.94. The van der Waals surface area contributed by atoms with Crippen LogP contribution in [0.2, 0.25) is 0 Å². The molecular weight excluding hydrogens is 520 g/mol. The molecule has 0 radical (unpaired) electrons. The van der Waals surface area contributed by atoms with Gasteiger partial charge in [0.15, 0.2) is 0 Å². The quantitative estimate of drug-likeness (QED) is 0.429. The lowest BCUT2D eigenvalue weighted by atomic mass is 10.2. The molecule has 34 heavy (non-hydrogen) atoms. The molecule has 3 aromatic rings. The standard InChI is InChI=1S/C24H27BrN4O4S/c1-4-32-21-10-7-19(25)15-22(21)34(30,31)29-13-11-28(12-14-29)23-16-24(27-18(3)26-23)33-20-8-5-17(2)6-9-20/h5-10,15-16H,4,11-14H2,1-3H3. The minimum Gasteiger partial charge on any atom is -0.492 e. The number of ether oxygens (including phenoxy) is 2. The van der Waals surface area contributed by atoms with Crippen LogP contribution in [0.25, 0.3) is 0 Å². The van der Waals surface area contributed by atoms with Crippen LogP contribution in [-0.4, -0.2) is 55.5 Å². The minimum atomic E-state index is -3.71. The van der Waals surface area contributed by atoms with Gasteiger partial charge in [-0.1, -0.05) is 33.6 Å².